The third-order valence-corrected chi connectivity index (χ3v) is 3.86. The summed E-state index contributed by atoms with van der Waals surface area (Å²) < 4.78 is 6.55. The van der Waals surface area contributed by atoms with Crippen LogP contribution in [0.25, 0.3) is 16.7 Å². The quantitative estimate of drug-likeness (QED) is 0.512. The van der Waals surface area contributed by atoms with Crippen molar-refractivity contribution in [3.05, 3.63) is 53.9 Å². The van der Waals surface area contributed by atoms with Crippen LogP contribution in [0.1, 0.15) is 24.2 Å². The summed E-state index contributed by atoms with van der Waals surface area (Å²) >= 11 is 0. The summed E-state index contributed by atoms with van der Waals surface area (Å²) in [4.78, 5) is 12.1. The average molecular weight is 361 g/mol. The molecule has 4 aromatic rings. The van der Waals surface area contributed by atoms with Crippen molar-refractivity contribution < 1.29 is 9.63 Å². The first-order valence-electron chi connectivity index (χ1n) is 8.05. The second-order valence-corrected chi connectivity index (χ2v) is 6.06. The highest BCUT2D eigenvalue weighted by Crippen LogP contribution is 2.20. The number of nitrogens with two attached hydrogens (primary N) is 1. The molecule has 9 nitrogen and oxygen atoms in total. The van der Waals surface area contributed by atoms with Gasteiger partial charge < -0.3 is 15.4 Å². The molecule has 0 aliphatic heterocycles. The first-order valence-corrected chi connectivity index (χ1v) is 8.05. The smallest absolute Gasteiger partial charge is 0.223 e. The molecule has 1 atom stereocenters. The highest BCUT2D eigenvalue weighted by atomic mass is 16.5. The van der Waals surface area contributed by atoms with Gasteiger partial charge in [0.15, 0.2) is 11.4 Å². The SMILES string of the molecule is Cc1nc([C@](C)(O)C#Cc2ccc3cnn(-c4ccnc(N)n4)c3c2)no1. The molecule has 3 heterocycles. The highest BCUT2D eigenvalue weighted by Gasteiger charge is 2.26. The van der Waals surface area contributed by atoms with Gasteiger partial charge in [0.2, 0.25) is 17.7 Å². The maximum absolute atomic E-state index is 10.5. The second kappa shape index (κ2) is 6.19. The van der Waals surface area contributed by atoms with Crippen molar-refractivity contribution in [2.75, 3.05) is 5.73 Å². The van der Waals surface area contributed by atoms with E-state index in [0.29, 0.717) is 17.3 Å². The number of hydrogen-bond donors (Lipinski definition) is 2. The fourth-order valence-corrected chi connectivity index (χ4v) is 2.51. The van der Waals surface area contributed by atoms with E-state index >= 15 is 0 Å². The Morgan fingerprint density at radius 2 is 2.11 bits per heavy atom. The van der Waals surface area contributed by atoms with Crippen LogP contribution in [0.5, 0.6) is 0 Å². The molecule has 134 valence electrons. The minimum Gasteiger partial charge on any atom is -0.371 e. The first kappa shape index (κ1) is 16.7. The lowest BCUT2D eigenvalue weighted by molar-refractivity contribution is 0.108. The molecule has 1 aromatic carbocycles. The molecule has 9 heteroatoms. The molecule has 0 fully saturated rings. The van der Waals surface area contributed by atoms with Crippen LogP contribution in [0.2, 0.25) is 0 Å². The summed E-state index contributed by atoms with van der Waals surface area (Å²) in [5.41, 5.74) is 5.61. The molecule has 0 amide bonds. The molecule has 0 aliphatic rings. The molecule has 0 aliphatic carbocycles. The largest absolute Gasteiger partial charge is 0.371 e. The van der Waals surface area contributed by atoms with E-state index in [1.165, 1.54) is 6.92 Å². The summed E-state index contributed by atoms with van der Waals surface area (Å²) in [6.07, 6.45) is 3.29. The number of nitrogen functional groups attached to an aromatic ring is 1. The topological polar surface area (TPSA) is 129 Å². The van der Waals surface area contributed by atoms with E-state index in [2.05, 4.69) is 37.0 Å². The molecule has 0 unspecified atom stereocenters. The van der Waals surface area contributed by atoms with Crippen molar-refractivity contribution in [3.8, 4) is 17.7 Å². The van der Waals surface area contributed by atoms with Crippen molar-refractivity contribution in [2.24, 2.45) is 0 Å². The number of hydrogen-bond acceptors (Lipinski definition) is 8. The summed E-state index contributed by atoms with van der Waals surface area (Å²) in [6.45, 7) is 3.16. The number of aliphatic hydroxyl groups is 1. The van der Waals surface area contributed by atoms with Gasteiger partial charge in [-0.05, 0) is 25.1 Å². The average Bonchev–Trinajstić information content (AvgIpc) is 3.26. The van der Waals surface area contributed by atoms with E-state index in [9.17, 15) is 5.11 Å². The molecule has 0 radical (unpaired) electrons. The Labute approximate surface area is 153 Å². The Balaban J connectivity index is 1.73. The predicted octanol–water partition coefficient (Wildman–Crippen LogP) is 1.35. The Morgan fingerprint density at radius 3 is 2.85 bits per heavy atom. The summed E-state index contributed by atoms with van der Waals surface area (Å²) in [6, 6.07) is 7.30. The molecule has 0 saturated heterocycles. The standard InChI is InChI=1S/C18H15N7O2/c1-11-22-16(24-27-11)18(2,26)7-5-12-3-4-13-10-21-25(14(13)9-12)15-6-8-20-17(19)23-15/h3-4,6,8-10,26H,1-2H3,(H2,19,20,23)/t18-/m1/s1. The number of fused-ring (bicyclic) bond motifs is 1. The fraction of sp³-hybridized carbons (Fsp3) is 0.167. The van der Waals surface area contributed by atoms with Crippen LogP contribution in [-0.4, -0.2) is 35.0 Å². The van der Waals surface area contributed by atoms with Gasteiger partial charge in [-0.3, -0.25) is 0 Å². The van der Waals surface area contributed by atoms with E-state index in [1.54, 1.807) is 30.1 Å². The fourth-order valence-electron chi connectivity index (χ4n) is 2.51. The number of aryl methyl sites for hydroxylation is 1. The van der Waals surface area contributed by atoms with Gasteiger partial charge in [-0.2, -0.15) is 15.1 Å². The molecular weight excluding hydrogens is 346 g/mol. The van der Waals surface area contributed by atoms with E-state index in [-0.39, 0.29) is 11.8 Å². The summed E-state index contributed by atoms with van der Waals surface area (Å²) in [7, 11) is 0. The number of aromatic nitrogens is 6. The number of anilines is 1. The molecule has 3 N–H and O–H groups in total. The lowest BCUT2D eigenvalue weighted by atomic mass is 10.1. The molecule has 27 heavy (non-hydrogen) atoms. The number of nitrogens with zero attached hydrogens (tertiary/aromatic N) is 6. The van der Waals surface area contributed by atoms with Crippen LogP contribution in [-0.2, 0) is 5.60 Å². The molecule has 3 aromatic heterocycles. The lowest BCUT2D eigenvalue weighted by Gasteiger charge is -2.10. The maximum Gasteiger partial charge on any atom is 0.223 e. The minimum atomic E-state index is -1.53. The third-order valence-electron chi connectivity index (χ3n) is 3.86. The molecular formula is C18H15N7O2. The van der Waals surface area contributed by atoms with Gasteiger partial charge in [0.25, 0.3) is 0 Å². The van der Waals surface area contributed by atoms with E-state index in [1.807, 2.05) is 18.2 Å². The van der Waals surface area contributed by atoms with Crippen LogP contribution in [0.15, 0.2) is 41.2 Å². The van der Waals surface area contributed by atoms with Gasteiger partial charge in [-0.1, -0.05) is 17.0 Å². The predicted molar refractivity (Wildman–Crippen MR) is 96.6 cm³/mol. The number of rotatable bonds is 2. The van der Waals surface area contributed by atoms with Crippen molar-refractivity contribution >= 4 is 16.9 Å². The lowest BCUT2D eigenvalue weighted by Crippen LogP contribution is -2.20. The normalized spacial score (nSPS) is 13.1. The van der Waals surface area contributed by atoms with E-state index < -0.39 is 5.60 Å². The zero-order valence-corrected chi connectivity index (χ0v) is 14.6. The monoisotopic (exact) mass is 361 g/mol. The molecule has 4 rings (SSSR count). The van der Waals surface area contributed by atoms with Gasteiger partial charge in [0.1, 0.15) is 0 Å². The molecule has 0 saturated carbocycles. The van der Waals surface area contributed by atoms with Gasteiger partial charge in [-0.25, -0.2) is 9.67 Å². The Bertz CT molecular complexity index is 1200. The van der Waals surface area contributed by atoms with Crippen molar-refractivity contribution in [2.45, 2.75) is 19.4 Å². The van der Waals surface area contributed by atoms with Crippen molar-refractivity contribution in [1.82, 2.24) is 29.9 Å². The maximum atomic E-state index is 10.5. The minimum absolute atomic E-state index is 0.120. The molecule has 0 spiro atoms. The van der Waals surface area contributed by atoms with Gasteiger partial charge in [0.05, 0.1) is 11.7 Å². The van der Waals surface area contributed by atoms with Crippen molar-refractivity contribution in [3.63, 3.8) is 0 Å². The van der Waals surface area contributed by atoms with E-state index in [4.69, 9.17) is 10.3 Å². The highest BCUT2D eigenvalue weighted by molar-refractivity contribution is 5.81. The van der Waals surface area contributed by atoms with Crippen LogP contribution in [0.4, 0.5) is 5.95 Å². The van der Waals surface area contributed by atoms with Gasteiger partial charge in [-0.15, -0.1) is 0 Å². The van der Waals surface area contributed by atoms with Crippen LogP contribution < -0.4 is 5.73 Å². The van der Waals surface area contributed by atoms with E-state index in [0.717, 1.165) is 10.9 Å². The van der Waals surface area contributed by atoms with Crippen LogP contribution in [0, 0.1) is 18.8 Å². The number of benzene rings is 1. The summed E-state index contributed by atoms with van der Waals surface area (Å²) in [5.74, 6) is 6.92. The van der Waals surface area contributed by atoms with Gasteiger partial charge >= 0.3 is 0 Å². The zero-order valence-electron chi connectivity index (χ0n) is 14.6. The Morgan fingerprint density at radius 1 is 1.26 bits per heavy atom. The van der Waals surface area contributed by atoms with Gasteiger partial charge in [0, 0.05) is 30.1 Å². The van der Waals surface area contributed by atoms with Crippen molar-refractivity contribution in [1.29, 1.82) is 0 Å². The van der Waals surface area contributed by atoms with Crippen LogP contribution in [0.3, 0.4) is 0 Å². The second-order valence-electron chi connectivity index (χ2n) is 6.06. The molecule has 0 bridgehead atoms. The first-order chi connectivity index (χ1) is 12.9. The Kier molecular flexibility index (Phi) is 3.83. The van der Waals surface area contributed by atoms with Crippen LogP contribution >= 0.6 is 0 Å². The zero-order chi connectivity index (χ0) is 19.0. The summed E-state index contributed by atoms with van der Waals surface area (Å²) in [5, 5.41) is 19.5. The third kappa shape index (κ3) is 3.21. The Hall–Kier alpha value is -3.77.